The Balaban J connectivity index is 2.02. The number of nitrogens with zero attached hydrogens (tertiary/aromatic N) is 2. The van der Waals surface area contributed by atoms with Gasteiger partial charge in [0.2, 0.25) is 0 Å². The first-order chi connectivity index (χ1) is 10.5. The lowest BCUT2D eigenvalue weighted by molar-refractivity contribution is 0.0943. The van der Waals surface area contributed by atoms with Gasteiger partial charge in [-0.15, -0.1) is 0 Å². The van der Waals surface area contributed by atoms with Crippen LogP contribution in [-0.2, 0) is 0 Å². The summed E-state index contributed by atoms with van der Waals surface area (Å²) in [6.45, 7) is 4.65. The highest BCUT2D eigenvalue weighted by atomic mass is 35.5. The molecule has 1 aromatic carbocycles. The molecule has 0 saturated heterocycles. The number of hydrogen-bond acceptors (Lipinski definition) is 4. The lowest BCUT2D eigenvalue weighted by Gasteiger charge is -2.08. The summed E-state index contributed by atoms with van der Waals surface area (Å²) in [6, 6.07) is 5.15. The van der Waals surface area contributed by atoms with Crippen molar-refractivity contribution in [2.75, 3.05) is 11.9 Å². The zero-order chi connectivity index (χ0) is 16.1. The molecule has 0 bridgehead atoms. The molecular formula is C15H16Cl2N4O. The van der Waals surface area contributed by atoms with Crippen molar-refractivity contribution in [3.05, 3.63) is 46.3 Å². The number of carbonyl (C=O) groups excluding carboxylic acids is 1. The summed E-state index contributed by atoms with van der Waals surface area (Å²) < 4.78 is 0. The summed E-state index contributed by atoms with van der Waals surface area (Å²) in [4.78, 5) is 20.1. The molecule has 5 nitrogen and oxygen atoms in total. The summed E-state index contributed by atoms with van der Waals surface area (Å²) in [5.74, 6) is 0.661. The Morgan fingerprint density at radius 2 is 1.95 bits per heavy atom. The van der Waals surface area contributed by atoms with Crippen molar-refractivity contribution in [1.29, 1.82) is 0 Å². The predicted octanol–water partition coefficient (Wildman–Crippen LogP) is 3.91. The van der Waals surface area contributed by atoms with Crippen LogP contribution < -0.4 is 10.6 Å². The molecule has 0 radical (unpaired) electrons. The molecule has 7 heteroatoms. The van der Waals surface area contributed by atoms with Gasteiger partial charge in [0.25, 0.3) is 5.91 Å². The molecule has 0 fully saturated rings. The SMILES string of the molecule is CC(C)CNC(=O)c1cnc(Nc2ccc(Cl)c(Cl)c2)cn1. The molecule has 22 heavy (non-hydrogen) atoms. The van der Waals surface area contributed by atoms with E-state index in [1.165, 1.54) is 12.4 Å². The molecule has 1 heterocycles. The van der Waals surface area contributed by atoms with Gasteiger partial charge in [-0.05, 0) is 24.1 Å². The van der Waals surface area contributed by atoms with Crippen LogP contribution in [0.1, 0.15) is 24.3 Å². The van der Waals surface area contributed by atoms with Crippen molar-refractivity contribution in [2.24, 2.45) is 5.92 Å². The Hall–Kier alpha value is -1.85. The first-order valence-electron chi connectivity index (χ1n) is 6.78. The molecule has 1 amide bonds. The Morgan fingerprint density at radius 1 is 1.18 bits per heavy atom. The fourth-order valence-electron chi connectivity index (χ4n) is 1.62. The van der Waals surface area contributed by atoms with Crippen molar-refractivity contribution in [3.63, 3.8) is 0 Å². The molecule has 0 saturated carbocycles. The highest BCUT2D eigenvalue weighted by molar-refractivity contribution is 6.42. The smallest absolute Gasteiger partial charge is 0.271 e. The molecule has 0 aliphatic carbocycles. The second-order valence-corrected chi connectivity index (χ2v) is 5.96. The Labute approximate surface area is 139 Å². The molecule has 2 aromatic rings. The van der Waals surface area contributed by atoms with Gasteiger partial charge < -0.3 is 10.6 Å². The molecule has 0 aliphatic heterocycles. The number of halogens is 2. The normalized spacial score (nSPS) is 10.6. The van der Waals surface area contributed by atoms with Gasteiger partial charge in [-0.2, -0.15) is 0 Å². The maximum atomic E-state index is 11.8. The zero-order valence-corrected chi connectivity index (χ0v) is 13.7. The minimum absolute atomic E-state index is 0.234. The Kier molecular flexibility index (Phi) is 5.57. The number of rotatable bonds is 5. The topological polar surface area (TPSA) is 66.9 Å². The van der Waals surface area contributed by atoms with E-state index in [0.29, 0.717) is 28.3 Å². The van der Waals surface area contributed by atoms with E-state index in [2.05, 4.69) is 20.6 Å². The third-order valence-corrected chi connectivity index (χ3v) is 3.49. The quantitative estimate of drug-likeness (QED) is 0.867. The Morgan fingerprint density at radius 3 is 2.55 bits per heavy atom. The maximum absolute atomic E-state index is 11.8. The fraction of sp³-hybridized carbons (Fsp3) is 0.267. The van der Waals surface area contributed by atoms with Gasteiger partial charge in [-0.25, -0.2) is 9.97 Å². The van der Waals surface area contributed by atoms with Gasteiger partial charge in [-0.3, -0.25) is 4.79 Å². The Bertz CT molecular complexity index is 659. The van der Waals surface area contributed by atoms with E-state index in [9.17, 15) is 4.79 Å². The van der Waals surface area contributed by atoms with E-state index in [1.807, 2.05) is 13.8 Å². The van der Waals surface area contributed by atoms with Gasteiger partial charge in [-0.1, -0.05) is 37.0 Å². The summed E-state index contributed by atoms with van der Waals surface area (Å²) in [5, 5.41) is 6.76. The third-order valence-electron chi connectivity index (χ3n) is 2.75. The van der Waals surface area contributed by atoms with Gasteiger partial charge in [0, 0.05) is 12.2 Å². The van der Waals surface area contributed by atoms with Gasteiger partial charge in [0.15, 0.2) is 0 Å². The highest BCUT2D eigenvalue weighted by Gasteiger charge is 2.08. The summed E-state index contributed by atoms with van der Waals surface area (Å²) in [5.41, 5.74) is 1.01. The number of hydrogen-bond donors (Lipinski definition) is 2. The number of benzene rings is 1. The summed E-state index contributed by atoms with van der Waals surface area (Å²) >= 11 is 11.8. The number of aromatic nitrogens is 2. The number of anilines is 2. The van der Waals surface area contributed by atoms with Crippen LogP contribution in [0.2, 0.25) is 10.0 Å². The monoisotopic (exact) mass is 338 g/mol. The minimum atomic E-state index is -0.234. The summed E-state index contributed by atoms with van der Waals surface area (Å²) in [6.07, 6.45) is 2.92. The lowest BCUT2D eigenvalue weighted by Crippen LogP contribution is -2.28. The molecule has 0 aliphatic rings. The number of nitrogens with one attached hydrogen (secondary N) is 2. The molecule has 0 atom stereocenters. The van der Waals surface area contributed by atoms with Gasteiger partial charge >= 0.3 is 0 Å². The first kappa shape index (κ1) is 16.5. The zero-order valence-electron chi connectivity index (χ0n) is 12.2. The van der Waals surface area contributed by atoms with Crippen LogP contribution in [0.5, 0.6) is 0 Å². The standard InChI is InChI=1S/C15H16Cl2N4O/c1-9(2)6-20-15(22)13-7-19-14(8-18-13)21-10-3-4-11(16)12(17)5-10/h3-5,7-9H,6H2,1-2H3,(H,19,21)(H,20,22). The maximum Gasteiger partial charge on any atom is 0.271 e. The van der Waals surface area contributed by atoms with E-state index < -0.39 is 0 Å². The van der Waals surface area contributed by atoms with Crippen LogP contribution >= 0.6 is 23.2 Å². The highest BCUT2D eigenvalue weighted by Crippen LogP contribution is 2.26. The lowest BCUT2D eigenvalue weighted by atomic mass is 10.2. The van der Waals surface area contributed by atoms with Crippen molar-refractivity contribution in [3.8, 4) is 0 Å². The van der Waals surface area contributed by atoms with Crippen molar-refractivity contribution >= 4 is 40.6 Å². The van der Waals surface area contributed by atoms with Crippen LogP contribution in [0, 0.1) is 5.92 Å². The second kappa shape index (κ2) is 7.42. The van der Waals surface area contributed by atoms with Crippen LogP contribution in [0.4, 0.5) is 11.5 Å². The average molecular weight is 339 g/mol. The molecule has 0 unspecified atom stereocenters. The van der Waals surface area contributed by atoms with Crippen LogP contribution in [-0.4, -0.2) is 22.4 Å². The van der Waals surface area contributed by atoms with E-state index in [-0.39, 0.29) is 11.6 Å². The molecule has 0 spiro atoms. The van der Waals surface area contributed by atoms with Crippen molar-refractivity contribution < 1.29 is 4.79 Å². The average Bonchev–Trinajstić information content (AvgIpc) is 2.49. The van der Waals surface area contributed by atoms with Crippen LogP contribution in [0.25, 0.3) is 0 Å². The van der Waals surface area contributed by atoms with Crippen LogP contribution in [0.15, 0.2) is 30.6 Å². The fourth-order valence-corrected chi connectivity index (χ4v) is 1.92. The number of carbonyl (C=O) groups is 1. The number of amides is 1. The van der Waals surface area contributed by atoms with Crippen molar-refractivity contribution in [2.45, 2.75) is 13.8 Å². The van der Waals surface area contributed by atoms with E-state index in [1.54, 1.807) is 18.2 Å². The second-order valence-electron chi connectivity index (χ2n) is 5.14. The first-order valence-corrected chi connectivity index (χ1v) is 7.53. The molecule has 116 valence electrons. The van der Waals surface area contributed by atoms with Gasteiger partial charge in [0.05, 0.1) is 22.4 Å². The third kappa shape index (κ3) is 4.58. The molecule has 2 rings (SSSR count). The van der Waals surface area contributed by atoms with E-state index in [0.717, 1.165) is 5.69 Å². The van der Waals surface area contributed by atoms with Crippen molar-refractivity contribution in [1.82, 2.24) is 15.3 Å². The van der Waals surface area contributed by atoms with E-state index in [4.69, 9.17) is 23.2 Å². The largest absolute Gasteiger partial charge is 0.350 e. The minimum Gasteiger partial charge on any atom is -0.350 e. The summed E-state index contributed by atoms with van der Waals surface area (Å²) in [7, 11) is 0. The van der Waals surface area contributed by atoms with Gasteiger partial charge in [0.1, 0.15) is 11.5 Å². The molecular weight excluding hydrogens is 323 g/mol. The predicted molar refractivity (Wildman–Crippen MR) is 88.9 cm³/mol. The molecule has 1 aromatic heterocycles. The molecule has 2 N–H and O–H groups in total. The van der Waals surface area contributed by atoms with E-state index >= 15 is 0 Å². The van der Waals surface area contributed by atoms with Crippen LogP contribution in [0.3, 0.4) is 0 Å².